The van der Waals surface area contributed by atoms with E-state index in [0.717, 1.165) is 53.5 Å². The van der Waals surface area contributed by atoms with Crippen molar-refractivity contribution in [1.82, 2.24) is 14.2 Å². The van der Waals surface area contributed by atoms with Gasteiger partial charge in [-0.25, -0.2) is 12.7 Å². The number of nitrogens with one attached hydrogen (secondary N) is 1. The smallest absolute Gasteiger partial charge is 0.250 e. The molecule has 7 nitrogen and oxygen atoms in total. The molecule has 1 aliphatic rings. The Bertz CT molecular complexity index is 1290. The first-order valence-electron chi connectivity index (χ1n) is 12.4. The normalized spacial score (nSPS) is 15.9. The minimum absolute atomic E-state index is 0.132. The van der Waals surface area contributed by atoms with Crippen molar-refractivity contribution in [3.05, 3.63) is 45.8 Å². The van der Waals surface area contributed by atoms with Gasteiger partial charge in [0.1, 0.15) is 0 Å². The van der Waals surface area contributed by atoms with Crippen molar-refractivity contribution in [2.24, 2.45) is 5.73 Å². The van der Waals surface area contributed by atoms with Crippen LogP contribution >= 0.6 is 11.3 Å². The summed E-state index contributed by atoms with van der Waals surface area (Å²) in [5.74, 6) is -0.0928. The molecule has 1 saturated heterocycles. The predicted octanol–water partition coefficient (Wildman–Crippen LogP) is 4.76. The number of hydrogen-bond acceptors (Lipinski definition) is 5. The van der Waals surface area contributed by atoms with E-state index in [4.69, 9.17) is 5.73 Å². The molecule has 1 amide bonds. The van der Waals surface area contributed by atoms with Gasteiger partial charge in [0.15, 0.2) is 0 Å². The summed E-state index contributed by atoms with van der Waals surface area (Å²) in [5.41, 5.74) is 10.2. The Morgan fingerprint density at radius 2 is 1.94 bits per heavy atom. The number of nitrogens with two attached hydrogens (primary N) is 1. The van der Waals surface area contributed by atoms with Crippen LogP contribution in [0.25, 0.3) is 22.0 Å². The van der Waals surface area contributed by atoms with Gasteiger partial charge in [-0.1, -0.05) is 13.3 Å². The van der Waals surface area contributed by atoms with E-state index in [-0.39, 0.29) is 11.7 Å². The minimum atomic E-state index is -3.17. The molecular weight excluding hydrogens is 480 g/mol. The van der Waals surface area contributed by atoms with Gasteiger partial charge >= 0.3 is 0 Å². The number of fused-ring (bicyclic) bond motifs is 1. The molecule has 4 rings (SSSR count). The summed E-state index contributed by atoms with van der Waals surface area (Å²) in [6, 6.07) is 6.24. The van der Waals surface area contributed by atoms with Crippen LogP contribution < -0.4 is 5.73 Å². The third-order valence-electron chi connectivity index (χ3n) is 7.05. The van der Waals surface area contributed by atoms with Gasteiger partial charge in [0.25, 0.3) is 5.91 Å². The van der Waals surface area contributed by atoms with Crippen LogP contribution in [0.1, 0.15) is 66.2 Å². The van der Waals surface area contributed by atoms with E-state index >= 15 is 0 Å². The van der Waals surface area contributed by atoms with Gasteiger partial charge in [0.05, 0.1) is 16.8 Å². The lowest BCUT2D eigenvalue weighted by Crippen LogP contribution is -2.38. The molecule has 3 heterocycles. The van der Waals surface area contributed by atoms with E-state index in [9.17, 15) is 13.2 Å². The molecule has 0 unspecified atom stereocenters. The number of thiophene rings is 1. The zero-order valence-corrected chi connectivity index (χ0v) is 22.5. The van der Waals surface area contributed by atoms with Crippen LogP contribution in [0.2, 0.25) is 0 Å². The number of sulfonamides is 1. The number of hydrogen-bond donors (Lipinski definition) is 2. The molecule has 1 aromatic carbocycles. The highest BCUT2D eigenvalue weighted by Crippen LogP contribution is 2.38. The quantitative estimate of drug-likeness (QED) is 0.406. The van der Waals surface area contributed by atoms with Gasteiger partial charge in [0.2, 0.25) is 10.0 Å². The fourth-order valence-electron chi connectivity index (χ4n) is 4.97. The molecular formula is C26H36N4O3S2. The number of amides is 1. The van der Waals surface area contributed by atoms with Crippen molar-refractivity contribution in [2.75, 3.05) is 32.4 Å². The van der Waals surface area contributed by atoms with Crippen LogP contribution in [-0.4, -0.2) is 60.9 Å². The molecule has 3 aromatic rings. The molecule has 1 fully saturated rings. The number of carbonyl (C=O) groups is 1. The number of nitrogens with zero attached hydrogens (tertiary/aromatic N) is 2. The molecule has 2 aromatic heterocycles. The average Bonchev–Trinajstić information content (AvgIpc) is 3.49. The second-order valence-corrected chi connectivity index (χ2v) is 12.8. The molecule has 1 aliphatic heterocycles. The van der Waals surface area contributed by atoms with Crippen molar-refractivity contribution in [3.8, 4) is 11.1 Å². The van der Waals surface area contributed by atoms with Crippen molar-refractivity contribution >= 4 is 38.2 Å². The number of aromatic nitrogens is 1. The van der Waals surface area contributed by atoms with E-state index in [2.05, 4.69) is 41.4 Å². The van der Waals surface area contributed by atoms with E-state index in [1.54, 1.807) is 22.6 Å². The van der Waals surface area contributed by atoms with Gasteiger partial charge in [-0.2, -0.15) is 0 Å². The fourth-order valence-corrected chi connectivity index (χ4v) is 7.07. The van der Waals surface area contributed by atoms with Crippen LogP contribution in [0.5, 0.6) is 0 Å². The number of piperidine rings is 1. The maximum absolute atomic E-state index is 12.3. The number of primary amides is 1. The van der Waals surface area contributed by atoms with Gasteiger partial charge in [-0.3, -0.25) is 4.79 Å². The Kier molecular flexibility index (Phi) is 8.00. The highest BCUT2D eigenvalue weighted by molar-refractivity contribution is 7.89. The number of rotatable bonds is 10. The molecule has 3 N–H and O–H groups in total. The summed E-state index contributed by atoms with van der Waals surface area (Å²) in [4.78, 5) is 19.3. The van der Waals surface area contributed by atoms with Crippen LogP contribution in [0.4, 0.5) is 0 Å². The van der Waals surface area contributed by atoms with Crippen LogP contribution in [0, 0.1) is 0 Å². The molecule has 0 radical (unpaired) electrons. The highest BCUT2D eigenvalue weighted by Gasteiger charge is 2.29. The Balaban J connectivity index is 1.63. The van der Waals surface area contributed by atoms with Crippen LogP contribution in [0.15, 0.2) is 29.8 Å². The molecule has 0 atom stereocenters. The van der Waals surface area contributed by atoms with E-state index < -0.39 is 15.9 Å². The summed E-state index contributed by atoms with van der Waals surface area (Å²) < 4.78 is 26.1. The van der Waals surface area contributed by atoms with Gasteiger partial charge < -0.3 is 15.6 Å². The SMILES string of the molecule is CCCCN(C)Cc1cc(-c2cc(C(N)=O)c3[nH]cc(C4CCN(S(=O)(=O)CC)CC4)c3c2)cs1. The third kappa shape index (κ3) is 5.63. The summed E-state index contributed by atoms with van der Waals surface area (Å²) in [6.45, 7) is 6.92. The molecule has 0 saturated carbocycles. The summed E-state index contributed by atoms with van der Waals surface area (Å²) in [7, 11) is -1.02. The number of carbonyl (C=O) groups excluding carboxylic acids is 1. The summed E-state index contributed by atoms with van der Waals surface area (Å²) in [6.07, 6.45) is 5.86. The van der Waals surface area contributed by atoms with Crippen molar-refractivity contribution < 1.29 is 13.2 Å². The van der Waals surface area contributed by atoms with Gasteiger partial charge in [-0.15, -0.1) is 11.3 Å². The second-order valence-electron chi connectivity index (χ2n) is 9.52. The zero-order valence-electron chi connectivity index (χ0n) is 20.8. The van der Waals surface area contributed by atoms with Crippen LogP contribution in [0.3, 0.4) is 0 Å². The Labute approximate surface area is 212 Å². The Hall–Kier alpha value is -2.20. The van der Waals surface area contributed by atoms with Crippen molar-refractivity contribution in [2.45, 2.75) is 52.0 Å². The van der Waals surface area contributed by atoms with E-state index in [1.807, 2.05) is 12.3 Å². The second kappa shape index (κ2) is 10.8. The van der Waals surface area contributed by atoms with Crippen molar-refractivity contribution in [1.29, 1.82) is 0 Å². The Morgan fingerprint density at radius 1 is 1.20 bits per heavy atom. The molecule has 0 spiro atoms. The lowest BCUT2D eigenvalue weighted by atomic mass is 9.88. The van der Waals surface area contributed by atoms with Gasteiger partial charge in [0, 0.05) is 36.1 Å². The third-order valence-corrected chi connectivity index (χ3v) is 9.85. The lowest BCUT2D eigenvalue weighted by Gasteiger charge is -2.31. The molecule has 0 aliphatic carbocycles. The number of benzene rings is 1. The average molecular weight is 517 g/mol. The zero-order chi connectivity index (χ0) is 25.2. The lowest BCUT2D eigenvalue weighted by molar-refractivity contribution is 0.100. The largest absolute Gasteiger partial charge is 0.366 e. The highest BCUT2D eigenvalue weighted by atomic mass is 32.2. The molecule has 190 valence electrons. The van der Waals surface area contributed by atoms with Crippen LogP contribution in [-0.2, 0) is 16.6 Å². The fraction of sp³-hybridized carbons (Fsp3) is 0.500. The predicted molar refractivity (Wildman–Crippen MR) is 144 cm³/mol. The van der Waals surface area contributed by atoms with E-state index in [0.29, 0.717) is 18.7 Å². The van der Waals surface area contributed by atoms with E-state index in [1.165, 1.54) is 17.7 Å². The topological polar surface area (TPSA) is 99.5 Å². The maximum Gasteiger partial charge on any atom is 0.250 e. The molecule has 35 heavy (non-hydrogen) atoms. The summed E-state index contributed by atoms with van der Waals surface area (Å²) in [5, 5.41) is 3.15. The maximum atomic E-state index is 12.3. The monoisotopic (exact) mass is 516 g/mol. The Morgan fingerprint density at radius 3 is 2.60 bits per heavy atom. The molecule has 9 heteroatoms. The first kappa shape index (κ1) is 25.9. The summed E-state index contributed by atoms with van der Waals surface area (Å²) >= 11 is 1.74. The molecule has 0 bridgehead atoms. The first-order chi connectivity index (χ1) is 16.7. The first-order valence-corrected chi connectivity index (χ1v) is 14.9. The van der Waals surface area contributed by atoms with Crippen molar-refractivity contribution in [3.63, 3.8) is 0 Å². The number of aromatic amines is 1. The van der Waals surface area contributed by atoms with Gasteiger partial charge in [-0.05, 0) is 86.0 Å². The minimum Gasteiger partial charge on any atom is -0.366 e. The number of H-pyrrole nitrogens is 1. The standard InChI is InChI=1S/C26H36N4O3S2/c1-4-6-9-29(3)16-21-12-20(17-34-21)19-13-22-24(15-28-25(22)23(14-19)26(27)31)18-7-10-30(11-8-18)35(32,33)5-2/h12-15,17-18,28H,4-11,16H2,1-3H3,(H2,27,31). The number of unbranched alkanes of at least 4 members (excludes halogenated alkanes) is 1.